The Bertz CT molecular complexity index is 1280. The molecule has 0 aliphatic carbocycles. The van der Waals surface area contributed by atoms with Crippen LogP contribution in [-0.2, 0) is 9.59 Å². The predicted molar refractivity (Wildman–Crippen MR) is 128 cm³/mol. The van der Waals surface area contributed by atoms with Crippen LogP contribution in [-0.4, -0.2) is 40.3 Å². The third-order valence-electron chi connectivity index (χ3n) is 5.51. The Morgan fingerprint density at radius 1 is 1.09 bits per heavy atom. The Hall–Kier alpha value is -4.27. The molecule has 0 radical (unpaired) electrons. The van der Waals surface area contributed by atoms with Crippen LogP contribution in [0.2, 0.25) is 0 Å². The number of carbonyl (C=O) groups is 2. The molecule has 1 aromatic heterocycles. The highest BCUT2D eigenvalue weighted by atomic mass is 16.5. The number of phenolic OH excluding ortho intramolecular Hbond substituents is 1. The van der Waals surface area contributed by atoms with E-state index in [0.717, 1.165) is 6.42 Å². The van der Waals surface area contributed by atoms with Crippen molar-refractivity contribution in [1.82, 2.24) is 5.16 Å². The van der Waals surface area contributed by atoms with Gasteiger partial charge in [0.2, 0.25) is 0 Å². The van der Waals surface area contributed by atoms with Gasteiger partial charge >= 0.3 is 5.91 Å². The second kappa shape index (κ2) is 9.92. The molecule has 0 unspecified atom stereocenters. The molecule has 0 saturated carbocycles. The van der Waals surface area contributed by atoms with Crippen LogP contribution in [0.5, 0.6) is 17.2 Å². The van der Waals surface area contributed by atoms with Crippen molar-refractivity contribution < 1.29 is 33.8 Å². The third-order valence-corrected chi connectivity index (χ3v) is 5.51. The van der Waals surface area contributed by atoms with E-state index in [2.05, 4.69) is 5.16 Å². The molecule has 1 saturated heterocycles. The molecule has 35 heavy (non-hydrogen) atoms. The third kappa shape index (κ3) is 4.57. The first-order chi connectivity index (χ1) is 16.8. The number of anilines is 1. The fourth-order valence-electron chi connectivity index (χ4n) is 3.91. The fourth-order valence-corrected chi connectivity index (χ4v) is 3.91. The number of aromatic hydroxyl groups is 1. The van der Waals surface area contributed by atoms with E-state index in [1.54, 1.807) is 44.2 Å². The minimum absolute atomic E-state index is 0.0903. The quantitative estimate of drug-likeness (QED) is 0.276. The lowest BCUT2D eigenvalue weighted by molar-refractivity contribution is -0.132. The van der Waals surface area contributed by atoms with E-state index in [1.165, 1.54) is 23.1 Å². The van der Waals surface area contributed by atoms with E-state index in [0.29, 0.717) is 35.9 Å². The number of hydrogen-bond acceptors (Lipinski definition) is 8. The molecule has 4 rings (SSSR count). The van der Waals surface area contributed by atoms with Gasteiger partial charge in [-0.25, -0.2) is 0 Å². The lowest BCUT2D eigenvalue weighted by Crippen LogP contribution is -2.29. The molecular weight excluding hydrogens is 452 g/mol. The molecule has 182 valence electrons. The van der Waals surface area contributed by atoms with Gasteiger partial charge < -0.3 is 24.2 Å². The van der Waals surface area contributed by atoms with Crippen LogP contribution >= 0.6 is 0 Å². The molecule has 2 N–H and O–H groups in total. The van der Waals surface area contributed by atoms with Crippen LogP contribution in [0.25, 0.3) is 5.76 Å². The summed E-state index contributed by atoms with van der Waals surface area (Å²) in [5, 5.41) is 25.3. The normalized spacial score (nSPS) is 17.1. The highest BCUT2D eigenvalue weighted by Gasteiger charge is 2.48. The first-order valence-electron chi connectivity index (χ1n) is 11.3. The second-order valence-corrected chi connectivity index (χ2v) is 8.00. The molecule has 0 spiro atoms. The Morgan fingerprint density at radius 3 is 2.46 bits per heavy atom. The van der Waals surface area contributed by atoms with E-state index < -0.39 is 17.7 Å². The average molecular weight is 479 g/mol. The molecule has 1 fully saturated rings. The number of hydrogen-bond donors (Lipinski definition) is 2. The van der Waals surface area contributed by atoms with Gasteiger partial charge in [-0.1, -0.05) is 18.1 Å². The Morgan fingerprint density at radius 2 is 1.83 bits per heavy atom. The van der Waals surface area contributed by atoms with E-state index in [1.807, 2.05) is 6.92 Å². The molecule has 1 atom stereocenters. The van der Waals surface area contributed by atoms with Crippen LogP contribution in [0, 0.1) is 6.92 Å². The molecule has 2 heterocycles. The molecular formula is C26H26N2O7. The lowest BCUT2D eigenvalue weighted by Gasteiger charge is -2.23. The number of aryl methyl sites for hydroxylation is 1. The zero-order chi connectivity index (χ0) is 25.1. The van der Waals surface area contributed by atoms with E-state index in [9.17, 15) is 19.8 Å². The van der Waals surface area contributed by atoms with Crippen molar-refractivity contribution in [3.8, 4) is 17.2 Å². The number of aliphatic hydroxyl groups excluding tert-OH is 1. The molecule has 9 heteroatoms. The highest BCUT2D eigenvalue weighted by molar-refractivity contribution is 6.51. The molecule has 1 aliphatic rings. The van der Waals surface area contributed by atoms with Crippen LogP contribution in [0.1, 0.15) is 43.2 Å². The van der Waals surface area contributed by atoms with Crippen molar-refractivity contribution >= 4 is 23.3 Å². The average Bonchev–Trinajstić information content (AvgIpc) is 3.39. The van der Waals surface area contributed by atoms with Crippen molar-refractivity contribution in [2.45, 2.75) is 33.2 Å². The van der Waals surface area contributed by atoms with Crippen LogP contribution < -0.4 is 14.4 Å². The number of carbonyl (C=O) groups excluding carboxylic acids is 2. The number of phenols is 1. The van der Waals surface area contributed by atoms with Crippen LogP contribution in [0.15, 0.2) is 58.6 Å². The summed E-state index contributed by atoms with van der Waals surface area (Å²) in [7, 11) is 0. The van der Waals surface area contributed by atoms with Crippen molar-refractivity contribution in [3.63, 3.8) is 0 Å². The van der Waals surface area contributed by atoms with Gasteiger partial charge in [0.1, 0.15) is 17.3 Å². The summed E-state index contributed by atoms with van der Waals surface area (Å²) < 4.78 is 16.2. The standard InChI is InChI=1S/C26H26N2O7/c1-4-12-34-18-9-6-16(7-10-18)24(30)22-23(17-8-11-19(29)20(14-17)33-5-2)28(26(32)25(22)31)21-13-15(3)35-27-21/h6-11,13-14,23,29-30H,4-5,12H2,1-3H3/t23-/m1/s1. The van der Waals surface area contributed by atoms with Crippen molar-refractivity contribution in [2.75, 3.05) is 18.1 Å². The number of rotatable bonds is 8. The predicted octanol–water partition coefficient (Wildman–Crippen LogP) is 4.50. The minimum Gasteiger partial charge on any atom is -0.507 e. The molecule has 3 aromatic rings. The van der Waals surface area contributed by atoms with Crippen molar-refractivity contribution in [2.24, 2.45) is 0 Å². The topological polar surface area (TPSA) is 122 Å². The lowest BCUT2D eigenvalue weighted by atomic mass is 9.95. The molecule has 9 nitrogen and oxygen atoms in total. The molecule has 2 aromatic carbocycles. The number of aromatic nitrogens is 1. The van der Waals surface area contributed by atoms with Gasteiger partial charge in [-0.05, 0) is 62.2 Å². The van der Waals surface area contributed by atoms with Gasteiger partial charge in [0.05, 0.1) is 24.8 Å². The monoisotopic (exact) mass is 478 g/mol. The van der Waals surface area contributed by atoms with Crippen LogP contribution in [0.4, 0.5) is 5.82 Å². The first-order valence-corrected chi connectivity index (χ1v) is 11.3. The van der Waals surface area contributed by atoms with Gasteiger partial charge in [-0.3, -0.25) is 14.5 Å². The summed E-state index contributed by atoms with van der Waals surface area (Å²) >= 11 is 0. The van der Waals surface area contributed by atoms with Gasteiger partial charge in [0, 0.05) is 11.6 Å². The number of amides is 1. The zero-order valence-electron chi connectivity index (χ0n) is 19.6. The first kappa shape index (κ1) is 23.9. The van der Waals surface area contributed by atoms with Crippen LogP contribution in [0.3, 0.4) is 0 Å². The summed E-state index contributed by atoms with van der Waals surface area (Å²) in [6.07, 6.45) is 0.850. The van der Waals surface area contributed by atoms with E-state index in [4.69, 9.17) is 14.0 Å². The van der Waals surface area contributed by atoms with Crippen molar-refractivity contribution in [1.29, 1.82) is 0 Å². The summed E-state index contributed by atoms with van der Waals surface area (Å²) in [5.41, 5.74) is 0.665. The summed E-state index contributed by atoms with van der Waals surface area (Å²) in [4.78, 5) is 27.5. The largest absolute Gasteiger partial charge is 0.507 e. The number of ketones is 1. The Kier molecular flexibility index (Phi) is 6.77. The van der Waals surface area contributed by atoms with Gasteiger partial charge in [-0.15, -0.1) is 0 Å². The number of Topliss-reactive ketones (excluding diaryl/α,β-unsaturated/α-hetero) is 1. The van der Waals surface area contributed by atoms with Gasteiger partial charge in [0.25, 0.3) is 5.78 Å². The minimum atomic E-state index is -1.03. The Labute approximate surface area is 202 Å². The summed E-state index contributed by atoms with van der Waals surface area (Å²) in [5.74, 6) is -0.782. The second-order valence-electron chi connectivity index (χ2n) is 8.00. The SMILES string of the molecule is CCCOc1ccc(C(O)=C2C(=O)C(=O)N(c3cc(C)on3)[C@@H]2c2ccc(O)c(OCC)c2)cc1. The van der Waals surface area contributed by atoms with Gasteiger partial charge in [-0.2, -0.15) is 0 Å². The summed E-state index contributed by atoms with van der Waals surface area (Å²) in [6.45, 7) is 6.28. The van der Waals surface area contributed by atoms with E-state index in [-0.39, 0.29) is 28.6 Å². The fraction of sp³-hybridized carbons (Fsp3) is 0.269. The maximum Gasteiger partial charge on any atom is 0.301 e. The Balaban J connectivity index is 1.86. The highest BCUT2D eigenvalue weighted by Crippen LogP contribution is 2.43. The zero-order valence-corrected chi connectivity index (χ0v) is 19.6. The number of benzene rings is 2. The smallest absolute Gasteiger partial charge is 0.301 e. The number of ether oxygens (including phenoxy) is 2. The molecule has 1 aliphatic heterocycles. The van der Waals surface area contributed by atoms with Gasteiger partial charge in [0.15, 0.2) is 17.3 Å². The number of aliphatic hydroxyl groups is 1. The number of nitrogens with zero attached hydrogens (tertiary/aromatic N) is 2. The maximum absolute atomic E-state index is 13.2. The molecule has 1 amide bonds. The maximum atomic E-state index is 13.2. The van der Waals surface area contributed by atoms with E-state index >= 15 is 0 Å². The molecule has 0 bridgehead atoms. The summed E-state index contributed by atoms with van der Waals surface area (Å²) in [6, 6.07) is 11.6. The van der Waals surface area contributed by atoms with Crippen molar-refractivity contribution in [3.05, 3.63) is 71.0 Å².